The van der Waals surface area contributed by atoms with E-state index < -0.39 is 0 Å². The maximum atomic E-state index is 13.1. The predicted octanol–water partition coefficient (Wildman–Crippen LogP) is 4.78. The molecule has 1 amide bonds. The monoisotopic (exact) mass is 525 g/mol. The van der Waals surface area contributed by atoms with Crippen molar-refractivity contribution in [3.63, 3.8) is 0 Å². The second-order valence-corrected chi connectivity index (χ2v) is 10.2. The van der Waals surface area contributed by atoms with E-state index in [1.807, 2.05) is 42.5 Å². The summed E-state index contributed by atoms with van der Waals surface area (Å²) < 4.78 is 11.1. The SMILES string of the molecule is C=C(C#N)CNc1c(OC)ccc2ccc(-c3cccc(C(=O)NC4CCC(N5CCOCC5)CC4)n3)cc12. The number of pyridine rings is 1. The van der Waals surface area contributed by atoms with Crippen LogP contribution in [0.3, 0.4) is 0 Å². The fraction of sp³-hybridized carbons (Fsp3) is 0.387. The fourth-order valence-electron chi connectivity index (χ4n) is 5.56. The first-order valence-corrected chi connectivity index (χ1v) is 13.6. The van der Waals surface area contributed by atoms with E-state index in [1.54, 1.807) is 13.2 Å². The first-order chi connectivity index (χ1) is 19.1. The molecular weight excluding hydrogens is 490 g/mol. The highest BCUT2D eigenvalue weighted by Crippen LogP contribution is 2.35. The highest BCUT2D eigenvalue weighted by atomic mass is 16.5. The number of ether oxygens (including phenoxy) is 2. The van der Waals surface area contributed by atoms with Gasteiger partial charge >= 0.3 is 0 Å². The summed E-state index contributed by atoms with van der Waals surface area (Å²) in [6.45, 7) is 7.73. The quantitative estimate of drug-likeness (QED) is 0.409. The molecule has 1 saturated heterocycles. The van der Waals surface area contributed by atoms with Gasteiger partial charge in [0.25, 0.3) is 5.91 Å². The second-order valence-electron chi connectivity index (χ2n) is 10.2. The van der Waals surface area contributed by atoms with Gasteiger partial charge in [0.15, 0.2) is 0 Å². The lowest BCUT2D eigenvalue weighted by atomic mass is 9.90. The number of methoxy groups -OCH3 is 1. The van der Waals surface area contributed by atoms with Crippen LogP contribution < -0.4 is 15.4 Å². The summed E-state index contributed by atoms with van der Waals surface area (Å²) in [7, 11) is 1.62. The Hall–Kier alpha value is -3.93. The van der Waals surface area contributed by atoms with Crippen LogP contribution in [0.4, 0.5) is 5.69 Å². The lowest BCUT2D eigenvalue weighted by Crippen LogP contribution is -2.47. The van der Waals surface area contributed by atoms with Crippen molar-refractivity contribution < 1.29 is 14.3 Å². The van der Waals surface area contributed by atoms with Crippen molar-refractivity contribution in [3.8, 4) is 23.1 Å². The van der Waals surface area contributed by atoms with Gasteiger partial charge in [-0.05, 0) is 55.3 Å². The molecular formula is C31H35N5O3. The van der Waals surface area contributed by atoms with Gasteiger partial charge < -0.3 is 20.1 Å². The number of nitriles is 1. The summed E-state index contributed by atoms with van der Waals surface area (Å²) in [4.78, 5) is 20.4. The molecule has 0 bridgehead atoms. The number of nitrogens with zero attached hydrogens (tertiary/aromatic N) is 3. The molecule has 2 N–H and O–H groups in total. The van der Waals surface area contributed by atoms with E-state index in [2.05, 4.69) is 28.2 Å². The molecule has 2 fully saturated rings. The third kappa shape index (κ3) is 6.22. The summed E-state index contributed by atoms with van der Waals surface area (Å²) in [5, 5.41) is 17.6. The van der Waals surface area contributed by atoms with Crippen molar-refractivity contribution in [1.82, 2.24) is 15.2 Å². The number of rotatable bonds is 8. The van der Waals surface area contributed by atoms with Crippen LogP contribution in [0.2, 0.25) is 0 Å². The number of amides is 1. The molecule has 1 saturated carbocycles. The van der Waals surface area contributed by atoms with Crippen molar-refractivity contribution in [1.29, 1.82) is 5.26 Å². The molecule has 3 aromatic rings. The Morgan fingerprint density at radius 3 is 2.67 bits per heavy atom. The van der Waals surface area contributed by atoms with Crippen LogP contribution in [-0.4, -0.2) is 67.8 Å². The minimum Gasteiger partial charge on any atom is -0.495 e. The summed E-state index contributed by atoms with van der Waals surface area (Å²) in [6, 6.07) is 18.3. The summed E-state index contributed by atoms with van der Waals surface area (Å²) >= 11 is 0. The number of morpholine rings is 1. The third-order valence-corrected chi connectivity index (χ3v) is 7.71. The Balaban J connectivity index is 1.30. The molecule has 8 heteroatoms. The van der Waals surface area contributed by atoms with E-state index in [0.717, 1.165) is 79.7 Å². The maximum absolute atomic E-state index is 13.1. The second kappa shape index (κ2) is 12.3. The zero-order valence-corrected chi connectivity index (χ0v) is 22.4. The maximum Gasteiger partial charge on any atom is 0.270 e. The van der Waals surface area contributed by atoms with E-state index in [9.17, 15) is 4.79 Å². The molecule has 8 nitrogen and oxygen atoms in total. The molecule has 0 spiro atoms. The van der Waals surface area contributed by atoms with Crippen LogP contribution in [0.1, 0.15) is 36.2 Å². The minimum absolute atomic E-state index is 0.133. The fourth-order valence-corrected chi connectivity index (χ4v) is 5.56. The van der Waals surface area contributed by atoms with Gasteiger partial charge in [0, 0.05) is 48.2 Å². The highest BCUT2D eigenvalue weighted by Gasteiger charge is 2.28. The molecule has 0 atom stereocenters. The van der Waals surface area contributed by atoms with E-state index in [0.29, 0.717) is 29.6 Å². The zero-order chi connectivity index (χ0) is 27.2. The number of nitrogens with one attached hydrogen (secondary N) is 2. The normalized spacial score (nSPS) is 19.7. The number of hydrogen-bond acceptors (Lipinski definition) is 7. The number of hydrogen-bond donors (Lipinski definition) is 2. The molecule has 0 unspecified atom stereocenters. The molecule has 39 heavy (non-hydrogen) atoms. The topological polar surface area (TPSA) is 99.5 Å². The Morgan fingerprint density at radius 1 is 1.15 bits per heavy atom. The number of benzene rings is 2. The minimum atomic E-state index is -0.133. The number of anilines is 1. The van der Waals surface area contributed by atoms with Crippen molar-refractivity contribution in [2.45, 2.75) is 37.8 Å². The highest BCUT2D eigenvalue weighted by molar-refractivity contribution is 5.99. The average Bonchev–Trinajstić information content (AvgIpc) is 3.00. The summed E-state index contributed by atoms with van der Waals surface area (Å²) in [5.74, 6) is 0.543. The Bertz CT molecular complexity index is 1380. The number of fused-ring (bicyclic) bond motifs is 1. The van der Waals surface area contributed by atoms with Crippen LogP contribution >= 0.6 is 0 Å². The third-order valence-electron chi connectivity index (χ3n) is 7.71. The summed E-state index contributed by atoms with van der Waals surface area (Å²) in [5.41, 5.74) is 3.24. The van der Waals surface area contributed by atoms with Gasteiger partial charge in [0.05, 0.1) is 37.8 Å². The van der Waals surface area contributed by atoms with Crippen molar-refractivity contribution in [3.05, 3.63) is 66.4 Å². The Kier molecular flexibility index (Phi) is 8.40. The average molecular weight is 526 g/mol. The van der Waals surface area contributed by atoms with Crippen LogP contribution in [-0.2, 0) is 4.74 Å². The van der Waals surface area contributed by atoms with Crippen molar-refractivity contribution in [2.75, 3.05) is 45.3 Å². The van der Waals surface area contributed by atoms with Crippen LogP contribution in [0, 0.1) is 11.3 Å². The van der Waals surface area contributed by atoms with Gasteiger partial charge in [-0.2, -0.15) is 5.26 Å². The molecule has 1 aromatic heterocycles. The van der Waals surface area contributed by atoms with Crippen LogP contribution in [0.15, 0.2) is 60.7 Å². The van der Waals surface area contributed by atoms with Gasteiger partial charge in [-0.1, -0.05) is 30.8 Å². The standard InChI is InChI=1S/C31H35N5O3/c1-21(19-32)20-33-30-26-18-23(7-6-22(26)8-13-29(30)38-2)27-4-3-5-28(35-27)31(37)34-24-9-11-25(12-10-24)36-14-16-39-17-15-36/h3-8,13,18,24-25,33H,1,9-12,14-17,20H2,2H3,(H,34,37). The molecule has 202 valence electrons. The predicted molar refractivity (Wildman–Crippen MR) is 153 cm³/mol. The lowest BCUT2D eigenvalue weighted by molar-refractivity contribution is 0.00664. The van der Waals surface area contributed by atoms with Crippen molar-refractivity contribution in [2.24, 2.45) is 0 Å². The van der Waals surface area contributed by atoms with E-state index in [4.69, 9.17) is 19.7 Å². The van der Waals surface area contributed by atoms with E-state index in [1.165, 1.54) is 0 Å². The molecule has 5 rings (SSSR count). The zero-order valence-electron chi connectivity index (χ0n) is 22.4. The van der Waals surface area contributed by atoms with Gasteiger partial charge in [0.2, 0.25) is 0 Å². The van der Waals surface area contributed by atoms with E-state index >= 15 is 0 Å². The summed E-state index contributed by atoms with van der Waals surface area (Å²) in [6.07, 6.45) is 4.15. The molecule has 2 heterocycles. The Morgan fingerprint density at radius 2 is 1.92 bits per heavy atom. The molecule has 1 aliphatic heterocycles. The van der Waals surface area contributed by atoms with Crippen LogP contribution in [0.25, 0.3) is 22.0 Å². The molecule has 2 aromatic carbocycles. The molecule has 0 radical (unpaired) electrons. The molecule has 2 aliphatic rings. The van der Waals surface area contributed by atoms with Gasteiger partial charge in [0.1, 0.15) is 11.4 Å². The van der Waals surface area contributed by atoms with Gasteiger partial charge in [-0.25, -0.2) is 4.98 Å². The lowest BCUT2D eigenvalue weighted by Gasteiger charge is -2.38. The van der Waals surface area contributed by atoms with Gasteiger partial charge in [-0.3, -0.25) is 9.69 Å². The first-order valence-electron chi connectivity index (χ1n) is 13.6. The number of aromatic nitrogens is 1. The smallest absolute Gasteiger partial charge is 0.270 e. The van der Waals surface area contributed by atoms with Crippen molar-refractivity contribution >= 4 is 22.4 Å². The Labute approximate surface area is 229 Å². The van der Waals surface area contributed by atoms with Gasteiger partial charge in [-0.15, -0.1) is 0 Å². The molecule has 1 aliphatic carbocycles. The number of carbonyl (C=O) groups excluding carboxylic acids is 1. The van der Waals surface area contributed by atoms with Crippen LogP contribution in [0.5, 0.6) is 5.75 Å². The number of carbonyl (C=O) groups is 1. The first kappa shape index (κ1) is 26.7. The largest absolute Gasteiger partial charge is 0.495 e. The van der Waals surface area contributed by atoms with E-state index in [-0.39, 0.29) is 11.9 Å².